The average molecular weight is 461 g/mol. The van der Waals surface area contributed by atoms with Crippen molar-refractivity contribution in [1.29, 1.82) is 0 Å². The molecule has 192 valence electrons. The van der Waals surface area contributed by atoms with Crippen LogP contribution in [0.15, 0.2) is 0 Å². The molecule has 0 aromatic carbocycles. The number of esters is 1. The van der Waals surface area contributed by atoms with Crippen LogP contribution < -0.4 is 0 Å². The molecule has 0 aliphatic carbocycles. The molecule has 32 heavy (non-hydrogen) atoms. The Bertz CT molecular complexity index is 364. The third-order valence-corrected chi connectivity index (χ3v) is 5.45. The van der Waals surface area contributed by atoms with Crippen LogP contribution in [-0.4, -0.2) is 63.9 Å². The topological polar surface area (TPSA) is 74.2 Å². The molecular formula is C26H52O6. The number of ether oxygens (including phenoxy) is 4. The SMILES string of the molecule is CCCCCCCCCCCCCCCCCC(=O)OCCOCCOCCOCCO. The van der Waals surface area contributed by atoms with Gasteiger partial charge in [-0.15, -0.1) is 0 Å². The van der Waals surface area contributed by atoms with E-state index in [9.17, 15) is 4.79 Å². The van der Waals surface area contributed by atoms with Crippen LogP contribution >= 0.6 is 0 Å². The van der Waals surface area contributed by atoms with Gasteiger partial charge in [-0.25, -0.2) is 0 Å². The third-order valence-electron chi connectivity index (χ3n) is 5.45. The average Bonchev–Trinajstić information content (AvgIpc) is 2.80. The minimum atomic E-state index is -0.124. The molecule has 0 heterocycles. The number of hydrogen-bond donors (Lipinski definition) is 1. The molecular weight excluding hydrogens is 408 g/mol. The quantitative estimate of drug-likeness (QED) is 0.123. The van der Waals surface area contributed by atoms with E-state index in [0.717, 1.165) is 12.8 Å². The Hall–Kier alpha value is -0.690. The van der Waals surface area contributed by atoms with Gasteiger partial charge in [0.15, 0.2) is 0 Å². The first kappa shape index (κ1) is 31.3. The summed E-state index contributed by atoms with van der Waals surface area (Å²) in [4.78, 5) is 11.7. The Labute approximate surface area is 197 Å². The standard InChI is InChI=1S/C26H52O6/c1-2-3-4-5-6-7-8-9-10-11-12-13-14-15-16-17-26(28)32-25-24-31-23-22-30-21-20-29-19-18-27/h27H,2-25H2,1H3. The van der Waals surface area contributed by atoms with E-state index in [1.807, 2.05) is 0 Å². The molecule has 0 aromatic heterocycles. The lowest BCUT2D eigenvalue weighted by molar-refractivity contribution is -0.145. The predicted octanol–water partition coefficient (Wildman–Crippen LogP) is 5.83. The van der Waals surface area contributed by atoms with E-state index >= 15 is 0 Å². The predicted molar refractivity (Wildman–Crippen MR) is 130 cm³/mol. The molecule has 0 fully saturated rings. The number of carbonyl (C=O) groups excluding carboxylic acids is 1. The Kier molecular flexibility index (Phi) is 27.7. The van der Waals surface area contributed by atoms with Crippen LogP contribution in [0.5, 0.6) is 0 Å². The molecule has 0 aliphatic rings. The maximum Gasteiger partial charge on any atom is 0.305 e. The van der Waals surface area contributed by atoms with E-state index < -0.39 is 0 Å². The summed E-state index contributed by atoms with van der Waals surface area (Å²) in [6, 6.07) is 0. The van der Waals surface area contributed by atoms with Crippen molar-refractivity contribution < 1.29 is 28.8 Å². The Morgan fingerprint density at radius 1 is 0.531 bits per heavy atom. The molecule has 0 radical (unpaired) electrons. The van der Waals surface area contributed by atoms with Crippen LogP contribution in [0.4, 0.5) is 0 Å². The van der Waals surface area contributed by atoms with Gasteiger partial charge in [-0.3, -0.25) is 4.79 Å². The van der Waals surface area contributed by atoms with Gasteiger partial charge in [-0.1, -0.05) is 96.8 Å². The molecule has 0 unspecified atom stereocenters. The first-order chi connectivity index (χ1) is 15.8. The second kappa shape index (κ2) is 28.3. The second-order valence-electron chi connectivity index (χ2n) is 8.48. The van der Waals surface area contributed by atoms with E-state index in [4.69, 9.17) is 24.1 Å². The molecule has 0 spiro atoms. The smallest absolute Gasteiger partial charge is 0.305 e. The van der Waals surface area contributed by atoms with Gasteiger partial charge in [0.1, 0.15) is 6.61 Å². The van der Waals surface area contributed by atoms with E-state index in [2.05, 4.69) is 6.92 Å². The summed E-state index contributed by atoms with van der Waals surface area (Å²) in [7, 11) is 0. The highest BCUT2D eigenvalue weighted by Crippen LogP contribution is 2.13. The van der Waals surface area contributed by atoms with Crippen molar-refractivity contribution in [3.05, 3.63) is 0 Å². The van der Waals surface area contributed by atoms with Gasteiger partial charge in [0.05, 0.1) is 46.2 Å². The summed E-state index contributed by atoms with van der Waals surface area (Å²) >= 11 is 0. The van der Waals surface area contributed by atoms with Gasteiger partial charge in [-0.2, -0.15) is 0 Å². The fraction of sp³-hybridized carbons (Fsp3) is 0.962. The van der Waals surface area contributed by atoms with Gasteiger partial charge >= 0.3 is 5.97 Å². The number of hydrogen-bond acceptors (Lipinski definition) is 6. The van der Waals surface area contributed by atoms with Crippen molar-refractivity contribution >= 4 is 5.97 Å². The fourth-order valence-electron chi connectivity index (χ4n) is 3.53. The van der Waals surface area contributed by atoms with Crippen molar-refractivity contribution in [1.82, 2.24) is 0 Å². The van der Waals surface area contributed by atoms with Crippen molar-refractivity contribution in [2.75, 3.05) is 52.9 Å². The molecule has 0 aromatic rings. The highest BCUT2D eigenvalue weighted by Gasteiger charge is 2.02. The highest BCUT2D eigenvalue weighted by atomic mass is 16.6. The minimum Gasteiger partial charge on any atom is -0.463 e. The zero-order valence-electron chi connectivity index (χ0n) is 21.0. The normalized spacial score (nSPS) is 11.2. The van der Waals surface area contributed by atoms with E-state index in [-0.39, 0.29) is 12.6 Å². The summed E-state index contributed by atoms with van der Waals surface area (Å²) in [6.45, 7) is 5.24. The molecule has 0 amide bonds. The second-order valence-corrected chi connectivity index (χ2v) is 8.48. The summed E-state index contributed by atoms with van der Waals surface area (Å²) in [5, 5.41) is 8.56. The summed E-state index contributed by atoms with van der Waals surface area (Å²) in [6.07, 6.45) is 20.4. The maximum absolute atomic E-state index is 11.7. The molecule has 0 atom stereocenters. The molecule has 0 saturated heterocycles. The van der Waals surface area contributed by atoms with Gasteiger partial charge in [0.25, 0.3) is 0 Å². The van der Waals surface area contributed by atoms with E-state index in [1.54, 1.807) is 0 Å². The largest absolute Gasteiger partial charge is 0.463 e. The monoisotopic (exact) mass is 460 g/mol. The number of rotatable bonds is 27. The molecule has 6 nitrogen and oxygen atoms in total. The van der Waals surface area contributed by atoms with Crippen LogP contribution in [0.1, 0.15) is 110 Å². The van der Waals surface area contributed by atoms with E-state index in [1.165, 1.54) is 83.5 Å². The lowest BCUT2D eigenvalue weighted by atomic mass is 10.0. The first-order valence-corrected chi connectivity index (χ1v) is 13.3. The third kappa shape index (κ3) is 27.3. The van der Waals surface area contributed by atoms with Gasteiger partial charge in [-0.05, 0) is 6.42 Å². The molecule has 0 rings (SSSR count). The fourth-order valence-corrected chi connectivity index (χ4v) is 3.53. The summed E-state index contributed by atoms with van der Waals surface area (Å²) in [5.41, 5.74) is 0. The van der Waals surface area contributed by atoms with Crippen LogP contribution in [-0.2, 0) is 23.7 Å². The lowest BCUT2D eigenvalue weighted by Gasteiger charge is -2.07. The first-order valence-electron chi connectivity index (χ1n) is 13.3. The number of carbonyl (C=O) groups is 1. The van der Waals surface area contributed by atoms with Gasteiger partial charge < -0.3 is 24.1 Å². The lowest BCUT2D eigenvalue weighted by Crippen LogP contribution is -2.14. The Balaban J connectivity index is 3.13. The van der Waals surface area contributed by atoms with E-state index in [0.29, 0.717) is 52.7 Å². The van der Waals surface area contributed by atoms with Crippen molar-refractivity contribution in [3.63, 3.8) is 0 Å². The zero-order valence-corrected chi connectivity index (χ0v) is 21.0. The number of unbranched alkanes of at least 4 members (excludes halogenated alkanes) is 14. The van der Waals surface area contributed by atoms with Crippen LogP contribution in [0.25, 0.3) is 0 Å². The zero-order chi connectivity index (χ0) is 23.4. The molecule has 0 saturated carbocycles. The molecule has 1 N–H and O–H groups in total. The maximum atomic E-state index is 11.7. The van der Waals surface area contributed by atoms with Crippen molar-refractivity contribution in [2.24, 2.45) is 0 Å². The number of aliphatic hydroxyl groups is 1. The van der Waals surface area contributed by atoms with Crippen LogP contribution in [0, 0.1) is 0 Å². The van der Waals surface area contributed by atoms with Crippen molar-refractivity contribution in [3.8, 4) is 0 Å². The van der Waals surface area contributed by atoms with Gasteiger partial charge in [0, 0.05) is 6.42 Å². The molecule has 6 heteroatoms. The summed E-state index contributed by atoms with van der Waals surface area (Å²) < 4.78 is 20.9. The highest BCUT2D eigenvalue weighted by molar-refractivity contribution is 5.69. The minimum absolute atomic E-state index is 0.0290. The molecule has 0 bridgehead atoms. The number of aliphatic hydroxyl groups excluding tert-OH is 1. The van der Waals surface area contributed by atoms with Crippen LogP contribution in [0.2, 0.25) is 0 Å². The summed E-state index contributed by atoms with van der Waals surface area (Å²) in [5.74, 6) is -0.124. The van der Waals surface area contributed by atoms with Crippen molar-refractivity contribution in [2.45, 2.75) is 110 Å². The van der Waals surface area contributed by atoms with Crippen LogP contribution in [0.3, 0.4) is 0 Å². The van der Waals surface area contributed by atoms with Gasteiger partial charge in [0.2, 0.25) is 0 Å². The Morgan fingerprint density at radius 2 is 0.906 bits per heavy atom. The molecule has 0 aliphatic heterocycles. The Morgan fingerprint density at radius 3 is 1.34 bits per heavy atom.